The molecule has 0 bridgehead atoms. The van der Waals surface area contributed by atoms with E-state index in [2.05, 4.69) is 0 Å². The summed E-state index contributed by atoms with van der Waals surface area (Å²) in [5.41, 5.74) is 0.344. The van der Waals surface area contributed by atoms with Gasteiger partial charge < -0.3 is 5.11 Å². The average molecular weight is 326 g/mol. The molecule has 5 nitrogen and oxygen atoms in total. The maximum atomic E-state index is 12.7. The molecule has 0 saturated carbocycles. The Morgan fingerprint density at radius 1 is 1.05 bits per heavy atom. The van der Waals surface area contributed by atoms with Gasteiger partial charge in [0.2, 0.25) is 0 Å². The second kappa shape index (κ2) is 4.74. The van der Waals surface area contributed by atoms with E-state index in [-0.39, 0.29) is 21.3 Å². The highest BCUT2D eigenvalue weighted by atomic mass is 32.3. The molecule has 0 aliphatic carbocycles. The smallest absolute Gasteiger partial charge is 0.187 e. The predicted molar refractivity (Wildman–Crippen MR) is 80.5 cm³/mol. The van der Waals surface area contributed by atoms with Crippen LogP contribution in [0, 0.1) is 0 Å². The fraction of sp³-hybridized carbons (Fsp3) is 0.143. The van der Waals surface area contributed by atoms with Crippen LogP contribution in [0.1, 0.15) is 10.8 Å². The molecule has 21 heavy (non-hydrogen) atoms. The first-order valence-electron chi connectivity index (χ1n) is 6.20. The second-order valence-electron chi connectivity index (χ2n) is 4.90. The number of benzene rings is 2. The van der Waals surface area contributed by atoms with Gasteiger partial charge in [0.25, 0.3) is 0 Å². The van der Waals surface area contributed by atoms with Crippen molar-refractivity contribution >= 4 is 20.4 Å². The Hall–Kier alpha value is -1.54. The Balaban J connectivity index is 2.15. The van der Waals surface area contributed by atoms with Crippen molar-refractivity contribution in [1.82, 2.24) is 0 Å². The van der Waals surface area contributed by atoms with Crippen LogP contribution in [0.15, 0.2) is 58.3 Å². The number of phenols is 1. The number of sulfone groups is 1. The van der Waals surface area contributed by atoms with Gasteiger partial charge in [0.1, 0.15) is 11.0 Å². The summed E-state index contributed by atoms with van der Waals surface area (Å²) < 4.78 is 45.6. The van der Waals surface area contributed by atoms with Gasteiger partial charge in [0, 0.05) is 6.07 Å². The van der Waals surface area contributed by atoms with Crippen LogP contribution in [0.2, 0.25) is 0 Å². The Morgan fingerprint density at radius 2 is 1.71 bits per heavy atom. The van der Waals surface area contributed by atoms with E-state index >= 15 is 0 Å². The lowest BCUT2D eigenvalue weighted by Gasteiger charge is -2.27. The molecule has 0 spiro atoms. The molecule has 0 aromatic heterocycles. The van der Waals surface area contributed by atoms with E-state index in [0.29, 0.717) is 5.56 Å². The zero-order valence-corrected chi connectivity index (χ0v) is 12.5. The molecule has 1 atom stereocenters. The summed E-state index contributed by atoms with van der Waals surface area (Å²) in [5.74, 6) is -0.394. The Labute approximate surface area is 124 Å². The lowest BCUT2D eigenvalue weighted by molar-refractivity contribution is 0.469. The third kappa shape index (κ3) is 2.32. The van der Waals surface area contributed by atoms with Gasteiger partial charge in [-0.05, 0) is 23.8 Å². The van der Waals surface area contributed by atoms with Crippen molar-refractivity contribution in [2.45, 2.75) is 15.0 Å². The first-order valence-corrected chi connectivity index (χ1v) is 9.46. The molecular formula is C14H14O5S2. The number of aromatic hydroxyl groups is 1. The van der Waals surface area contributed by atoms with Crippen LogP contribution >= 0.6 is 10.6 Å². The van der Waals surface area contributed by atoms with E-state index < -0.39 is 25.7 Å². The zero-order valence-electron chi connectivity index (χ0n) is 10.9. The molecule has 1 aliphatic heterocycles. The number of phenolic OH excluding ortho intramolecular Hbond substituents is 1. The fourth-order valence-corrected chi connectivity index (χ4v) is 6.94. The van der Waals surface area contributed by atoms with E-state index in [9.17, 15) is 22.6 Å². The van der Waals surface area contributed by atoms with Crippen molar-refractivity contribution in [3.63, 3.8) is 0 Å². The van der Waals surface area contributed by atoms with Crippen LogP contribution in [-0.2, 0) is 9.84 Å². The van der Waals surface area contributed by atoms with Crippen LogP contribution in [-0.4, -0.2) is 28.4 Å². The van der Waals surface area contributed by atoms with E-state index in [1.807, 2.05) is 0 Å². The molecule has 2 aromatic rings. The van der Waals surface area contributed by atoms with Crippen molar-refractivity contribution in [1.29, 1.82) is 0 Å². The van der Waals surface area contributed by atoms with Crippen molar-refractivity contribution < 1.29 is 22.6 Å². The van der Waals surface area contributed by atoms with Crippen LogP contribution in [0.4, 0.5) is 0 Å². The molecule has 3 rings (SSSR count). The molecule has 0 saturated heterocycles. The predicted octanol–water partition coefficient (Wildman–Crippen LogP) is 3.03. The van der Waals surface area contributed by atoms with Gasteiger partial charge in [-0.25, -0.2) is 8.42 Å². The minimum atomic E-state index is -3.72. The van der Waals surface area contributed by atoms with Crippen molar-refractivity contribution in [3.8, 4) is 5.75 Å². The largest absolute Gasteiger partial charge is 0.508 e. The summed E-state index contributed by atoms with van der Waals surface area (Å²) in [4.78, 5) is 0.262. The van der Waals surface area contributed by atoms with E-state index in [0.717, 1.165) is 0 Å². The number of fused-ring (bicyclic) bond motifs is 1. The van der Waals surface area contributed by atoms with Gasteiger partial charge >= 0.3 is 0 Å². The van der Waals surface area contributed by atoms with Crippen LogP contribution in [0.25, 0.3) is 0 Å². The monoisotopic (exact) mass is 326 g/mol. The first kappa shape index (κ1) is 14.4. The zero-order chi connectivity index (χ0) is 15.3. The maximum Gasteiger partial charge on any atom is 0.187 e. The second-order valence-corrected chi connectivity index (χ2v) is 9.14. The quantitative estimate of drug-likeness (QED) is 0.788. The highest BCUT2D eigenvalue weighted by Crippen LogP contribution is 2.61. The topological polar surface area (TPSA) is 94.8 Å². The number of hydrogen-bond donors (Lipinski definition) is 3. The van der Waals surface area contributed by atoms with Gasteiger partial charge in [-0.2, -0.15) is 10.6 Å². The first-order chi connectivity index (χ1) is 9.82. The Bertz CT molecular complexity index is 784. The fourth-order valence-electron chi connectivity index (χ4n) is 2.49. The molecule has 1 unspecified atom stereocenters. The normalized spacial score (nSPS) is 21.7. The van der Waals surface area contributed by atoms with E-state index in [1.54, 1.807) is 18.2 Å². The van der Waals surface area contributed by atoms with Crippen molar-refractivity contribution in [3.05, 3.63) is 54.1 Å². The molecule has 2 aromatic carbocycles. The van der Waals surface area contributed by atoms with Gasteiger partial charge in [-0.1, -0.05) is 24.3 Å². The molecule has 1 aliphatic rings. The Kier molecular flexibility index (Phi) is 3.25. The molecule has 3 N–H and O–H groups in total. The molecule has 1 heterocycles. The maximum absolute atomic E-state index is 12.7. The van der Waals surface area contributed by atoms with Crippen LogP contribution in [0.5, 0.6) is 5.75 Å². The molecule has 0 radical (unpaired) electrons. The summed E-state index contributed by atoms with van der Waals surface area (Å²) in [6, 6.07) is 12.0. The average Bonchev–Trinajstić information content (AvgIpc) is 2.72. The lowest BCUT2D eigenvalue weighted by atomic mass is 10.2. The van der Waals surface area contributed by atoms with Gasteiger partial charge in [-0.3, -0.25) is 9.11 Å². The summed E-state index contributed by atoms with van der Waals surface area (Å²) in [6.45, 7) is 0. The van der Waals surface area contributed by atoms with E-state index in [4.69, 9.17) is 0 Å². The highest BCUT2D eigenvalue weighted by Gasteiger charge is 2.43. The van der Waals surface area contributed by atoms with Crippen LogP contribution < -0.4 is 0 Å². The highest BCUT2D eigenvalue weighted by molar-refractivity contribution is 8.25. The molecule has 7 heteroatoms. The number of rotatable bonds is 2. The minimum absolute atomic E-state index is 0.118. The SMILES string of the molecule is O=S(=O)(c1ccccc1)C1CS(O)(O)c2cc(O)ccc21. The molecule has 0 fully saturated rings. The third-order valence-electron chi connectivity index (χ3n) is 3.53. The minimum Gasteiger partial charge on any atom is -0.508 e. The molecule has 0 amide bonds. The summed E-state index contributed by atoms with van der Waals surface area (Å²) >= 11 is 0. The van der Waals surface area contributed by atoms with Crippen molar-refractivity contribution in [2.75, 3.05) is 5.75 Å². The summed E-state index contributed by atoms with van der Waals surface area (Å²) in [7, 11) is -6.92. The number of hydrogen-bond acceptors (Lipinski definition) is 5. The molecular weight excluding hydrogens is 312 g/mol. The molecule has 112 valence electrons. The third-order valence-corrected chi connectivity index (χ3v) is 7.69. The Morgan fingerprint density at radius 3 is 2.38 bits per heavy atom. The van der Waals surface area contributed by atoms with Gasteiger partial charge in [-0.15, -0.1) is 0 Å². The summed E-state index contributed by atoms with van der Waals surface area (Å²) in [6.07, 6.45) is 0. The lowest BCUT2D eigenvalue weighted by Crippen LogP contribution is -2.15. The van der Waals surface area contributed by atoms with Gasteiger partial charge in [0.05, 0.1) is 15.5 Å². The van der Waals surface area contributed by atoms with E-state index in [1.165, 1.54) is 30.3 Å². The standard InChI is InChI=1S/C14H14O5S2/c15-10-6-7-12-13(8-10)20(16,17)9-14(12)21(18,19)11-4-2-1-3-5-11/h1-8,14-17H,9H2. The summed E-state index contributed by atoms with van der Waals surface area (Å²) in [5, 5.41) is 8.46. The van der Waals surface area contributed by atoms with Crippen molar-refractivity contribution in [2.24, 2.45) is 0 Å². The van der Waals surface area contributed by atoms with Gasteiger partial charge in [0.15, 0.2) is 9.84 Å². The van der Waals surface area contributed by atoms with Crippen LogP contribution in [0.3, 0.4) is 0 Å².